The number of ether oxygens (including phenoxy) is 1. The first-order valence-corrected chi connectivity index (χ1v) is 9.62. The zero-order valence-electron chi connectivity index (χ0n) is 12.7. The maximum atomic E-state index is 12.1. The molecule has 2 atom stereocenters. The molecule has 1 aliphatic rings. The Balaban J connectivity index is 1.61. The molecule has 1 aliphatic heterocycles. The smallest absolute Gasteiger partial charge is 0.221 e. The van der Waals surface area contributed by atoms with E-state index >= 15 is 0 Å². The van der Waals surface area contributed by atoms with Gasteiger partial charge >= 0.3 is 0 Å². The van der Waals surface area contributed by atoms with Gasteiger partial charge in [-0.3, -0.25) is 9.00 Å². The lowest BCUT2D eigenvalue weighted by molar-refractivity contribution is -0.114. The third-order valence-electron chi connectivity index (χ3n) is 3.24. The highest BCUT2D eigenvalue weighted by Crippen LogP contribution is 2.32. The molecule has 2 aromatic rings. The second-order valence-corrected chi connectivity index (χ2v) is 8.08. The molecule has 0 radical (unpaired) electrons. The lowest BCUT2D eigenvalue weighted by Gasteiger charge is -2.08. The lowest BCUT2D eigenvalue weighted by atomic mass is 10.3. The van der Waals surface area contributed by atoms with Crippen LogP contribution in [0.1, 0.15) is 6.92 Å². The number of anilines is 1. The van der Waals surface area contributed by atoms with Crippen molar-refractivity contribution in [3.63, 3.8) is 0 Å². The van der Waals surface area contributed by atoms with E-state index in [1.54, 1.807) is 24.3 Å². The van der Waals surface area contributed by atoms with E-state index in [0.717, 1.165) is 22.1 Å². The summed E-state index contributed by atoms with van der Waals surface area (Å²) < 4.78 is 17.9. The summed E-state index contributed by atoms with van der Waals surface area (Å²) in [7, 11) is -0.931. The van der Waals surface area contributed by atoms with Crippen LogP contribution in [-0.4, -0.2) is 26.9 Å². The van der Waals surface area contributed by atoms with Crippen LogP contribution in [0.15, 0.2) is 53.4 Å². The number of carbonyl (C=O) groups excluding carboxylic acids is 1. The minimum Gasteiger partial charge on any atom is -0.457 e. The van der Waals surface area contributed by atoms with Crippen LogP contribution in [-0.2, 0) is 15.6 Å². The Labute approximate surface area is 142 Å². The molecule has 0 unspecified atom stereocenters. The first kappa shape index (κ1) is 16.1. The third-order valence-corrected chi connectivity index (χ3v) is 5.92. The average Bonchev–Trinajstić information content (AvgIpc) is 3.33. The molecule has 120 valence electrons. The molecule has 3 rings (SSSR count). The lowest BCUT2D eigenvalue weighted by Crippen LogP contribution is -2.05. The number of benzene rings is 2. The van der Waals surface area contributed by atoms with Crippen LogP contribution in [0.25, 0.3) is 0 Å². The molecule has 2 aromatic carbocycles. The maximum absolute atomic E-state index is 12.1. The summed E-state index contributed by atoms with van der Waals surface area (Å²) in [5.41, 5.74) is 0.730. The van der Waals surface area contributed by atoms with Gasteiger partial charge < -0.3 is 10.1 Å². The van der Waals surface area contributed by atoms with Gasteiger partial charge in [0.15, 0.2) is 0 Å². The van der Waals surface area contributed by atoms with Crippen LogP contribution in [0.4, 0.5) is 5.69 Å². The van der Waals surface area contributed by atoms with E-state index in [-0.39, 0.29) is 5.91 Å². The van der Waals surface area contributed by atoms with Gasteiger partial charge in [0, 0.05) is 34.3 Å². The number of amides is 1. The van der Waals surface area contributed by atoms with Crippen molar-refractivity contribution < 1.29 is 13.7 Å². The van der Waals surface area contributed by atoms with Crippen molar-refractivity contribution in [2.24, 2.45) is 0 Å². The van der Waals surface area contributed by atoms with Crippen LogP contribution < -0.4 is 10.1 Å². The average molecular weight is 347 g/mol. The van der Waals surface area contributed by atoms with Crippen molar-refractivity contribution in [3.8, 4) is 11.5 Å². The molecule has 1 N–H and O–H groups in total. The molecule has 23 heavy (non-hydrogen) atoms. The number of rotatable bonds is 6. The fraction of sp³-hybridized carbons (Fsp3) is 0.235. The van der Waals surface area contributed by atoms with E-state index in [0.29, 0.717) is 16.7 Å². The van der Waals surface area contributed by atoms with Crippen molar-refractivity contribution >= 4 is 34.2 Å². The van der Waals surface area contributed by atoms with Gasteiger partial charge in [0.2, 0.25) is 5.91 Å². The van der Waals surface area contributed by atoms with Gasteiger partial charge in [-0.2, -0.15) is 11.8 Å². The van der Waals surface area contributed by atoms with Crippen molar-refractivity contribution in [2.45, 2.75) is 17.1 Å². The summed E-state index contributed by atoms with van der Waals surface area (Å²) >= 11 is 1.86. The second-order valence-electron chi connectivity index (χ2n) is 5.25. The van der Waals surface area contributed by atoms with Crippen LogP contribution in [0.2, 0.25) is 0 Å². The SMILES string of the molecule is CC(=O)Nc1ccc(Oc2ccc([S@](=O)C[C@H]3CS3)cc2)cc1. The highest BCUT2D eigenvalue weighted by Gasteiger charge is 2.25. The Kier molecular flexibility index (Phi) is 5.03. The summed E-state index contributed by atoms with van der Waals surface area (Å²) in [4.78, 5) is 11.8. The van der Waals surface area contributed by atoms with Crippen molar-refractivity contribution in [1.29, 1.82) is 0 Å². The van der Waals surface area contributed by atoms with E-state index in [2.05, 4.69) is 5.32 Å². The topological polar surface area (TPSA) is 55.4 Å². The molecule has 0 bridgehead atoms. The third kappa shape index (κ3) is 4.84. The Bertz CT molecular complexity index is 710. The minimum atomic E-state index is -0.931. The fourth-order valence-electron chi connectivity index (χ4n) is 2.03. The van der Waals surface area contributed by atoms with Gasteiger partial charge in [0.25, 0.3) is 0 Å². The molecule has 1 fully saturated rings. The molecular formula is C17H17NO3S2. The Morgan fingerprint density at radius 2 is 1.74 bits per heavy atom. The molecule has 0 saturated carbocycles. The molecule has 4 nitrogen and oxygen atoms in total. The number of carbonyl (C=O) groups is 1. The predicted octanol–water partition coefficient (Wildman–Crippen LogP) is 3.66. The number of nitrogens with one attached hydrogen (secondary N) is 1. The van der Waals surface area contributed by atoms with Crippen LogP contribution in [0.3, 0.4) is 0 Å². The first-order chi connectivity index (χ1) is 11.1. The van der Waals surface area contributed by atoms with Gasteiger partial charge in [-0.15, -0.1) is 0 Å². The zero-order valence-corrected chi connectivity index (χ0v) is 14.3. The molecule has 1 amide bonds. The molecule has 6 heteroatoms. The van der Waals surface area contributed by atoms with E-state index in [1.165, 1.54) is 6.92 Å². The van der Waals surface area contributed by atoms with Crippen LogP contribution in [0, 0.1) is 0 Å². The predicted molar refractivity (Wildman–Crippen MR) is 94.8 cm³/mol. The fourth-order valence-corrected chi connectivity index (χ4v) is 4.28. The molecule has 1 saturated heterocycles. The molecule has 1 heterocycles. The van der Waals surface area contributed by atoms with E-state index in [1.807, 2.05) is 36.0 Å². The first-order valence-electron chi connectivity index (χ1n) is 7.26. The van der Waals surface area contributed by atoms with Gasteiger partial charge in [0.05, 0.1) is 10.8 Å². The molecule has 0 spiro atoms. The number of hydrogen-bond acceptors (Lipinski definition) is 4. The summed E-state index contributed by atoms with van der Waals surface area (Å²) in [5, 5.41) is 3.27. The number of hydrogen-bond donors (Lipinski definition) is 1. The van der Waals surface area contributed by atoms with Crippen LogP contribution >= 0.6 is 11.8 Å². The largest absolute Gasteiger partial charge is 0.457 e. The Morgan fingerprint density at radius 1 is 1.17 bits per heavy atom. The zero-order chi connectivity index (χ0) is 16.2. The summed E-state index contributed by atoms with van der Waals surface area (Å²) in [5.74, 6) is 3.13. The van der Waals surface area contributed by atoms with E-state index in [9.17, 15) is 9.00 Å². The Hall–Kier alpha value is -1.79. The highest BCUT2D eigenvalue weighted by molar-refractivity contribution is 8.07. The Morgan fingerprint density at radius 3 is 2.26 bits per heavy atom. The molecule has 0 aromatic heterocycles. The summed E-state index contributed by atoms with van der Waals surface area (Å²) in [6, 6.07) is 14.5. The van der Waals surface area contributed by atoms with Gasteiger partial charge in [-0.1, -0.05) is 0 Å². The van der Waals surface area contributed by atoms with Crippen molar-refractivity contribution in [2.75, 3.05) is 16.8 Å². The number of thioether (sulfide) groups is 1. The minimum absolute atomic E-state index is 0.105. The van der Waals surface area contributed by atoms with Crippen molar-refractivity contribution in [1.82, 2.24) is 0 Å². The highest BCUT2D eigenvalue weighted by atomic mass is 32.2. The monoisotopic (exact) mass is 347 g/mol. The van der Waals surface area contributed by atoms with Gasteiger partial charge in [0.1, 0.15) is 11.5 Å². The van der Waals surface area contributed by atoms with E-state index in [4.69, 9.17) is 4.74 Å². The quantitative estimate of drug-likeness (QED) is 0.810. The van der Waals surface area contributed by atoms with Crippen molar-refractivity contribution in [3.05, 3.63) is 48.5 Å². The van der Waals surface area contributed by atoms with Gasteiger partial charge in [-0.25, -0.2) is 0 Å². The summed E-state index contributed by atoms with van der Waals surface area (Å²) in [6.07, 6.45) is 0. The second kappa shape index (κ2) is 7.19. The molecular weight excluding hydrogens is 330 g/mol. The standard InChI is InChI=1S/C17H17NO3S2/c1-12(19)18-13-2-4-14(5-3-13)21-15-6-8-17(9-7-15)23(20)11-16-10-22-16/h2-9,16H,10-11H2,1H3,(H,18,19)/t16-,23-/m1/s1. The van der Waals surface area contributed by atoms with E-state index < -0.39 is 10.8 Å². The van der Waals surface area contributed by atoms with Crippen LogP contribution in [0.5, 0.6) is 11.5 Å². The molecule has 0 aliphatic carbocycles. The normalized spacial score (nSPS) is 17.3. The van der Waals surface area contributed by atoms with Gasteiger partial charge in [-0.05, 0) is 48.5 Å². The summed E-state index contributed by atoms with van der Waals surface area (Å²) in [6.45, 7) is 1.47. The maximum Gasteiger partial charge on any atom is 0.221 e.